The van der Waals surface area contributed by atoms with Gasteiger partial charge in [-0.1, -0.05) is 0 Å². The van der Waals surface area contributed by atoms with E-state index in [0.29, 0.717) is 0 Å². The van der Waals surface area contributed by atoms with Crippen molar-refractivity contribution in [1.29, 1.82) is 0 Å². The van der Waals surface area contributed by atoms with Crippen molar-refractivity contribution in [2.45, 2.75) is 33.2 Å². The number of hydrogen-bond donors (Lipinski definition) is 0. The van der Waals surface area contributed by atoms with Crippen LogP contribution < -0.4 is 0 Å². The molecular weight excluding hydrogens is 179 g/mol. The minimum Gasteiger partial charge on any atom is -0.870 e. The maximum Gasteiger partial charge on any atom is -0.870 e. The third-order valence-corrected chi connectivity index (χ3v) is 8.87. The topological polar surface area (TPSA) is 30.0 Å². The zero-order valence-corrected chi connectivity index (χ0v) is 8.53. The van der Waals surface area contributed by atoms with E-state index in [2.05, 4.69) is 20.8 Å². The molecule has 0 saturated carbocycles. The molecule has 0 spiro atoms. The summed E-state index contributed by atoms with van der Waals surface area (Å²) in [4.78, 5) is 0. The fraction of sp³-hybridized carbons (Fsp3) is 1.00. The molecule has 0 amide bonds. The van der Waals surface area contributed by atoms with Crippen LogP contribution in [-0.4, -0.2) is 5.48 Å². The molecule has 0 fully saturated rings. The van der Waals surface area contributed by atoms with Crippen molar-refractivity contribution >= 4 is 0 Å². The summed E-state index contributed by atoms with van der Waals surface area (Å²) in [5, 5.41) is 0. The number of hydrogen-bond acceptors (Lipinski definition) is 1. The molecule has 0 heterocycles. The van der Waals surface area contributed by atoms with Crippen molar-refractivity contribution in [2.24, 2.45) is 0 Å². The van der Waals surface area contributed by atoms with Crippen LogP contribution in [0.1, 0.15) is 20.8 Å². The van der Waals surface area contributed by atoms with E-state index in [4.69, 9.17) is 0 Å². The van der Waals surface area contributed by atoms with Crippen LogP contribution in [0.4, 0.5) is 0 Å². The maximum atomic E-state index is 2.35. The first-order valence-electron chi connectivity index (χ1n) is 3.18. The number of rotatable bonds is 3. The molecule has 0 rings (SSSR count). The molecule has 0 aliphatic rings. The van der Waals surface area contributed by atoms with Crippen LogP contribution in [-0.2, 0) is 21.8 Å². The summed E-state index contributed by atoms with van der Waals surface area (Å²) in [6.45, 7) is 7.05. The molecule has 0 saturated heterocycles. The van der Waals surface area contributed by atoms with Crippen LogP contribution in [0.2, 0.25) is 12.4 Å². The van der Waals surface area contributed by atoms with Crippen LogP contribution in [0.5, 0.6) is 0 Å². The van der Waals surface area contributed by atoms with Gasteiger partial charge in [-0.3, -0.25) is 0 Å². The normalized spacial score (nSPS) is 7.88. The van der Waals surface area contributed by atoms with Crippen LogP contribution in [0.25, 0.3) is 0 Å². The van der Waals surface area contributed by atoms with E-state index in [9.17, 15) is 0 Å². The Hall–Kier alpha value is 0.843. The minimum absolute atomic E-state index is 0. The molecular formula is C6H16OZr. The SMILES string of the molecule is C[CH2][Zr+]([CH2]C)[CH2]C.[OH-]. The van der Waals surface area contributed by atoms with Gasteiger partial charge >= 0.3 is 54.9 Å². The zero-order chi connectivity index (χ0) is 5.70. The third kappa shape index (κ3) is 4.99. The van der Waals surface area contributed by atoms with Gasteiger partial charge in [-0.25, -0.2) is 0 Å². The van der Waals surface area contributed by atoms with E-state index in [-0.39, 0.29) is 5.48 Å². The molecule has 0 aromatic heterocycles. The van der Waals surface area contributed by atoms with Gasteiger partial charge in [0, 0.05) is 0 Å². The molecule has 1 nitrogen and oxygen atoms in total. The average molecular weight is 195 g/mol. The van der Waals surface area contributed by atoms with E-state index >= 15 is 0 Å². The summed E-state index contributed by atoms with van der Waals surface area (Å²) >= 11 is -0.653. The molecule has 1 N–H and O–H groups in total. The summed E-state index contributed by atoms with van der Waals surface area (Å²) < 4.78 is 4.65. The molecule has 0 aromatic rings. The van der Waals surface area contributed by atoms with Crippen molar-refractivity contribution in [3.8, 4) is 0 Å². The van der Waals surface area contributed by atoms with E-state index in [1.54, 1.807) is 12.4 Å². The average Bonchev–Trinajstić information content (AvgIpc) is 1.72. The van der Waals surface area contributed by atoms with Crippen LogP contribution in [0, 0.1) is 0 Å². The minimum atomic E-state index is -0.653. The fourth-order valence-corrected chi connectivity index (χ4v) is 4.44. The smallest absolute Gasteiger partial charge is 0.870 e. The standard InChI is InChI=1S/3C2H5.H2O.Zr/c3*1-2;;/h3*1H2,2H3;1H2;/q;;;;+1/p-1. The van der Waals surface area contributed by atoms with Crippen LogP contribution in [0.3, 0.4) is 0 Å². The maximum absolute atomic E-state index is 2.35. The van der Waals surface area contributed by atoms with Gasteiger partial charge in [0.05, 0.1) is 0 Å². The fourth-order valence-electron chi connectivity index (χ4n) is 0.750. The van der Waals surface area contributed by atoms with Gasteiger partial charge < -0.3 is 5.48 Å². The molecule has 0 atom stereocenters. The Bertz CT molecular complexity index is 30.0. The van der Waals surface area contributed by atoms with E-state index < -0.39 is 21.8 Å². The molecule has 0 aliphatic carbocycles. The van der Waals surface area contributed by atoms with Crippen molar-refractivity contribution in [3.63, 3.8) is 0 Å². The molecule has 8 heavy (non-hydrogen) atoms. The molecule has 0 aromatic carbocycles. The summed E-state index contributed by atoms with van der Waals surface area (Å²) in [5.41, 5.74) is 0. The van der Waals surface area contributed by atoms with Crippen LogP contribution >= 0.6 is 0 Å². The summed E-state index contributed by atoms with van der Waals surface area (Å²) in [7, 11) is 0. The third-order valence-electron chi connectivity index (χ3n) is 1.50. The van der Waals surface area contributed by atoms with Gasteiger partial charge in [-0.2, -0.15) is 0 Å². The Kier molecular flexibility index (Phi) is 11.4. The first-order valence-corrected chi connectivity index (χ1v) is 8.40. The summed E-state index contributed by atoms with van der Waals surface area (Å²) in [5.74, 6) is 0. The van der Waals surface area contributed by atoms with Gasteiger partial charge in [0.1, 0.15) is 0 Å². The molecule has 0 radical (unpaired) electrons. The zero-order valence-electron chi connectivity index (χ0n) is 6.07. The second-order valence-corrected chi connectivity index (χ2v) is 10.7. The van der Waals surface area contributed by atoms with E-state index in [0.717, 1.165) is 0 Å². The van der Waals surface area contributed by atoms with E-state index in [1.165, 1.54) is 0 Å². The Morgan fingerprint density at radius 1 is 0.875 bits per heavy atom. The first-order chi connectivity index (χ1) is 3.35. The second kappa shape index (κ2) is 7.84. The largest absolute Gasteiger partial charge is 0.870 e. The molecule has 50 valence electrons. The Labute approximate surface area is 60.5 Å². The molecule has 0 unspecified atom stereocenters. The predicted molar refractivity (Wildman–Crippen MR) is 33.4 cm³/mol. The summed E-state index contributed by atoms with van der Waals surface area (Å²) in [6, 6.07) is 0. The van der Waals surface area contributed by atoms with Gasteiger partial charge in [0.25, 0.3) is 0 Å². The molecule has 0 bridgehead atoms. The van der Waals surface area contributed by atoms with Gasteiger partial charge in [-0.05, 0) is 0 Å². The van der Waals surface area contributed by atoms with Crippen molar-refractivity contribution in [3.05, 3.63) is 0 Å². The Morgan fingerprint density at radius 2 is 1.12 bits per heavy atom. The Balaban J connectivity index is 0. The Morgan fingerprint density at radius 3 is 1.12 bits per heavy atom. The monoisotopic (exact) mass is 194 g/mol. The first kappa shape index (κ1) is 11.6. The summed E-state index contributed by atoms with van der Waals surface area (Å²) in [6.07, 6.45) is 0. The van der Waals surface area contributed by atoms with Gasteiger partial charge in [0.15, 0.2) is 0 Å². The van der Waals surface area contributed by atoms with Crippen LogP contribution in [0.15, 0.2) is 0 Å². The second-order valence-electron chi connectivity index (χ2n) is 1.81. The quantitative estimate of drug-likeness (QED) is 0.681. The molecule has 2 heteroatoms. The van der Waals surface area contributed by atoms with E-state index in [1.807, 2.05) is 0 Å². The molecule has 0 aliphatic heterocycles. The van der Waals surface area contributed by atoms with Crippen molar-refractivity contribution in [1.82, 2.24) is 0 Å². The van der Waals surface area contributed by atoms with Gasteiger partial charge in [-0.15, -0.1) is 0 Å². The van der Waals surface area contributed by atoms with Crippen molar-refractivity contribution < 1.29 is 27.2 Å². The predicted octanol–water partition coefficient (Wildman–Crippen LogP) is 2.74. The van der Waals surface area contributed by atoms with Crippen molar-refractivity contribution in [2.75, 3.05) is 0 Å². The van der Waals surface area contributed by atoms with Gasteiger partial charge in [0.2, 0.25) is 0 Å².